The number of pyridine rings is 1. The van der Waals surface area contributed by atoms with Gasteiger partial charge < -0.3 is 15.2 Å². The Labute approximate surface area is 181 Å². The molecule has 2 aromatic carbocycles. The third-order valence-corrected chi connectivity index (χ3v) is 6.21. The molecule has 1 aromatic heterocycles. The number of aromatic hydroxyl groups is 1. The first-order valence-electron chi connectivity index (χ1n) is 10.7. The van der Waals surface area contributed by atoms with Crippen LogP contribution < -0.4 is 10.1 Å². The van der Waals surface area contributed by atoms with Crippen LogP contribution in [-0.4, -0.2) is 22.5 Å². The fourth-order valence-corrected chi connectivity index (χ4v) is 4.95. The van der Waals surface area contributed by atoms with Crippen molar-refractivity contribution in [3.8, 4) is 11.5 Å². The molecule has 0 spiro atoms. The molecule has 0 unspecified atom stereocenters. The zero-order chi connectivity index (χ0) is 21.8. The van der Waals surface area contributed by atoms with Crippen LogP contribution in [0.2, 0.25) is 0 Å². The summed E-state index contributed by atoms with van der Waals surface area (Å²) in [4.78, 5) is 18.0. The van der Waals surface area contributed by atoms with Gasteiger partial charge in [-0.2, -0.15) is 0 Å². The van der Waals surface area contributed by atoms with Crippen molar-refractivity contribution < 1.29 is 14.6 Å². The number of fused-ring (bicyclic) bond motifs is 4. The summed E-state index contributed by atoms with van der Waals surface area (Å²) in [5.74, 6) is 0.701. The number of carbonyl (C=O) groups excluding carboxylic acids is 1. The third-order valence-electron chi connectivity index (χ3n) is 6.21. The van der Waals surface area contributed by atoms with E-state index >= 15 is 0 Å². The predicted octanol–water partition coefficient (Wildman–Crippen LogP) is 5.65. The van der Waals surface area contributed by atoms with E-state index in [1.54, 1.807) is 12.3 Å². The van der Waals surface area contributed by atoms with Crippen LogP contribution in [0, 0.1) is 5.41 Å². The average molecular weight is 415 g/mol. The molecule has 0 amide bonds. The maximum atomic E-state index is 13.5. The molecule has 2 N–H and O–H groups in total. The third kappa shape index (κ3) is 3.25. The highest BCUT2D eigenvalue weighted by atomic mass is 16.5. The van der Waals surface area contributed by atoms with Gasteiger partial charge in [-0.25, -0.2) is 0 Å². The van der Waals surface area contributed by atoms with E-state index in [0.29, 0.717) is 18.8 Å². The van der Waals surface area contributed by atoms with Crippen LogP contribution in [0.25, 0.3) is 16.5 Å². The highest BCUT2D eigenvalue weighted by Crippen LogP contribution is 2.52. The van der Waals surface area contributed by atoms with Crippen molar-refractivity contribution >= 4 is 27.9 Å². The van der Waals surface area contributed by atoms with Gasteiger partial charge in [0, 0.05) is 34.8 Å². The molecule has 31 heavy (non-hydrogen) atoms. The Hall–Kier alpha value is -3.34. The van der Waals surface area contributed by atoms with Gasteiger partial charge in [-0.3, -0.25) is 9.78 Å². The van der Waals surface area contributed by atoms with Gasteiger partial charge in [0.25, 0.3) is 0 Å². The maximum absolute atomic E-state index is 13.5. The number of benzene rings is 2. The second-order valence-electron chi connectivity index (χ2n) is 9.13. The van der Waals surface area contributed by atoms with Gasteiger partial charge in [0.2, 0.25) is 0 Å². The summed E-state index contributed by atoms with van der Waals surface area (Å²) in [6.07, 6.45) is 3.13. The van der Waals surface area contributed by atoms with Crippen molar-refractivity contribution in [1.82, 2.24) is 4.98 Å². The number of ether oxygens (including phenoxy) is 1. The second kappa shape index (κ2) is 7.12. The summed E-state index contributed by atoms with van der Waals surface area (Å²) in [5.41, 5.74) is 5.72. The molecule has 5 heteroatoms. The summed E-state index contributed by atoms with van der Waals surface area (Å²) in [6.45, 7) is 6.65. The number of hydrogen-bond donors (Lipinski definition) is 2. The van der Waals surface area contributed by atoms with Crippen molar-refractivity contribution in [1.29, 1.82) is 0 Å². The molecule has 1 aliphatic carbocycles. The molecule has 1 aliphatic heterocycles. The number of nitrogens with zero attached hydrogens (tertiary/aromatic N) is 1. The maximum Gasteiger partial charge on any atom is 0.162 e. The monoisotopic (exact) mass is 414 g/mol. The Morgan fingerprint density at radius 3 is 2.84 bits per heavy atom. The molecular formula is C26H26N2O3. The van der Waals surface area contributed by atoms with Gasteiger partial charge in [-0.1, -0.05) is 26.0 Å². The van der Waals surface area contributed by atoms with Gasteiger partial charge in [0.15, 0.2) is 17.3 Å². The number of Topliss-reactive ketones (excluding diaryl/α,β-unsaturated/α-hetero) is 1. The van der Waals surface area contributed by atoms with Crippen molar-refractivity contribution in [3.05, 3.63) is 65.4 Å². The molecule has 0 saturated carbocycles. The quantitative estimate of drug-likeness (QED) is 0.580. The molecule has 2 aliphatic rings. The van der Waals surface area contributed by atoms with Crippen LogP contribution in [0.1, 0.15) is 50.8 Å². The summed E-state index contributed by atoms with van der Waals surface area (Å²) in [6, 6.07) is 13.1. The van der Waals surface area contributed by atoms with E-state index < -0.39 is 0 Å². The molecular weight excluding hydrogens is 388 g/mol. The highest BCUT2D eigenvalue weighted by molar-refractivity contribution is 6.12. The van der Waals surface area contributed by atoms with E-state index in [-0.39, 0.29) is 23.0 Å². The van der Waals surface area contributed by atoms with E-state index in [9.17, 15) is 9.90 Å². The van der Waals surface area contributed by atoms with Crippen LogP contribution in [0.15, 0.2) is 54.2 Å². The van der Waals surface area contributed by atoms with Gasteiger partial charge >= 0.3 is 0 Å². The predicted molar refractivity (Wildman–Crippen MR) is 122 cm³/mol. The number of allylic oxidation sites excluding steroid dienone is 1. The fraction of sp³-hybridized carbons (Fsp3) is 0.308. The lowest BCUT2D eigenvalue weighted by atomic mass is 9.68. The minimum atomic E-state index is -0.292. The zero-order valence-corrected chi connectivity index (χ0v) is 18.0. The molecule has 3 aromatic rings. The molecule has 5 nitrogen and oxygen atoms in total. The van der Waals surface area contributed by atoms with Crippen molar-refractivity contribution in [2.45, 2.75) is 39.7 Å². The van der Waals surface area contributed by atoms with Gasteiger partial charge in [0.05, 0.1) is 18.2 Å². The second-order valence-corrected chi connectivity index (χ2v) is 9.13. The number of anilines is 1. The first kappa shape index (κ1) is 19.6. The van der Waals surface area contributed by atoms with E-state index in [2.05, 4.69) is 36.3 Å². The molecule has 0 fully saturated rings. The molecule has 1 atom stereocenters. The van der Waals surface area contributed by atoms with Crippen LogP contribution in [0.5, 0.6) is 11.5 Å². The van der Waals surface area contributed by atoms with Crippen LogP contribution >= 0.6 is 0 Å². The summed E-state index contributed by atoms with van der Waals surface area (Å²) >= 11 is 0. The smallest absolute Gasteiger partial charge is 0.162 e. The fourth-order valence-electron chi connectivity index (χ4n) is 4.95. The highest BCUT2D eigenvalue weighted by Gasteiger charge is 2.41. The van der Waals surface area contributed by atoms with Gasteiger partial charge in [-0.05, 0) is 60.2 Å². The number of aromatic nitrogens is 1. The van der Waals surface area contributed by atoms with Crippen LogP contribution in [0.4, 0.5) is 5.69 Å². The summed E-state index contributed by atoms with van der Waals surface area (Å²) < 4.78 is 5.60. The molecule has 158 valence electrons. The normalized spacial score (nSPS) is 19.6. The SMILES string of the molecule is CCOc1cc([C@@H]2Nc3ccc4ncccc4c3C3=C2C(=O)CC(C)(C)C3)ccc1O. The number of nitrogens with one attached hydrogen (secondary N) is 1. The standard InChI is InChI=1S/C26H26N2O3/c1-4-31-22-12-15(7-10-20(22)29)25-24-17(13-26(2,3)14-21(24)30)23-16-6-5-11-27-18(16)8-9-19(23)28-25/h5-12,25,28-29H,4,13-14H2,1-3H3/t25-/m0/s1. The minimum Gasteiger partial charge on any atom is -0.504 e. The Bertz CT molecular complexity index is 1240. The molecule has 2 heterocycles. The Kier molecular flexibility index (Phi) is 4.50. The van der Waals surface area contributed by atoms with Crippen LogP contribution in [-0.2, 0) is 4.79 Å². The number of phenolic OH excluding ortho intramolecular Hbond substituents is 1. The molecule has 5 rings (SSSR count). The van der Waals surface area contributed by atoms with E-state index in [0.717, 1.165) is 45.3 Å². The first-order valence-corrected chi connectivity index (χ1v) is 10.7. The Balaban J connectivity index is 1.75. The topological polar surface area (TPSA) is 71.5 Å². The van der Waals surface area contributed by atoms with Crippen molar-refractivity contribution in [3.63, 3.8) is 0 Å². The lowest BCUT2D eigenvalue weighted by Crippen LogP contribution is -2.33. The first-order chi connectivity index (χ1) is 14.9. The van der Waals surface area contributed by atoms with Crippen molar-refractivity contribution in [2.75, 3.05) is 11.9 Å². The number of rotatable bonds is 3. The zero-order valence-electron chi connectivity index (χ0n) is 18.0. The number of ketones is 1. The largest absolute Gasteiger partial charge is 0.504 e. The lowest BCUT2D eigenvalue weighted by molar-refractivity contribution is -0.118. The average Bonchev–Trinajstić information content (AvgIpc) is 2.73. The number of hydrogen-bond acceptors (Lipinski definition) is 5. The van der Waals surface area contributed by atoms with Gasteiger partial charge in [-0.15, -0.1) is 0 Å². The summed E-state index contributed by atoms with van der Waals surface area (Å²) in [7, 11) is 0. The molecule has 0 radical (unpaired) electrons. The Morgan fingerprint density at radius 2 is 2.03 bits per heavy atom. The molecule has 0 bridgehead atoms. The Morgan fingerprint density at radius 1 is 1.19 bits per heavy atom. The summed E-state index contributed by atoms with van der Waals surface area (Å²) in [5, 5.41) is 14.8. The van der Waals surface area contributed by atoms with E-state index in [4.69, 9.17) is 4.74 Å². The van der Waals surface area contributed by atoms with E-state index in [1.165, 1.54) is 0 Å². The number of phenols is 1. The van der Waals surface area contributed by atoms with E-state index in [1.807, 2.05) is 31.2 Å². The number of carbonyl (C=O) groups is 1. The van der Waals surface area contributed by atoms with Gasteiger partial charge in [0.1, 0.15) is 0 Å². The molecule has 0 saturated heterocycles. The minimum absolute atomic E-state index is 0.101. The van der Waals surface area contributed by atoms with Crippen molar-refractivity contribution in [2.24, 2.45) is 5.41 Å². The lowest BCUT2D eigenvalue weighted by Gasteiger charge is -2.40. The van der Waals surface area contributed by atoms with Crippen LogP contribution in [0.3, 0.4) is 0 Å².